The van der Waals surface area contributed by atoms with Crippen molar-refractivity contribution in [2.75, 3.05) is 11.9 Å². The van der Waals surface area contributed by atoms with E-state index in [-0.39, 0.29) is 24.0 Å². The van der Waals surface area contributed by atoms with Crippen LogP contribution in [0, 0.1) is 20.8 Å². The van der Waals surface area contributed by atoms with Crippen molar-refractivity contribution in [3.63, 3.8) is 0 Å². The number of nitrogens with zero attached hydrogens (tertiary/aromatic N) is 1. The van der Waals surface area contributed by atoms with Crippen molar-refractivity contribution in [1.82, 2.24) is 10.2 Å². The van der Waals surface area contributed by atoms with E-state index in [1.54, 1.807) is 4.90 Å². The highest BCUT2D eigenvalue weighted by molar-refractivity contribution is 5.92. The molecule has 0 aliphatic carbocycles. The Kier molecular flexibility index (Phi) is 4.74. The molecule has 0 bridgehead atoms. The molecule has 22 heavy (non-hydrogen) atoms. The first-order valence-corrected chi connectivity index (χ1v) is 7.72. The maximum Gasteiger partial charge on any atom is 0.319 e. The van der Waals surface area contributed by atoms with E-state index >= 15 is 0 Å². The molecule has 1 aromatic rings. The number of carbonyl (C=O) groups is 2. The highest BCUT2D eigenvalue weighted by Crippen LogP contribution is 2.22. The van der Waals surface area contributed by atoms with Crippen LogP contribution in [0.1, 0.15) is 37.0 Å². The van der Waals surface area contributed by atoms with Crippen LogP contribution >= 0.6 is 0 Å². The molecule has 1 aliphatic heterocycles. The van der Waals surface area contributed by atoms with Crippen LogP contribution in [0.15, 0.2) is 12.1 Å². The molecular weight excluding hydrogens is 278 g/mol. The Morgan fingerprint density at radius 2 is 1.82 bits per heavy atom. The Hall–Kier alpha value is -2.04. The summed E-state index contributed by atoms with van der Waals surface area (Å²) in [5.41, 5.74) is 4.10. The van der Waals surface area contributed by atoms with E-state index in [4.69, 9.17) is 0 Å². The lowest BCUT2D eigenvalue weighted by Crippen LogP contribution is -2.41. The molecule has 1 aliphatic rings. The van der Waals surface area contributed by atoms with Gasteiger partial charge in [0.05, 0.1) is 6.04 Å². The van der Waals surface area contributed by atoms with E-state index in [1.807, 2.05) is 46.8 Å². The normalized spacial score (nSPS) is 18.0. The molecule has 0 spiro atoms. The van der Waals surface area contributed by atoms with Gasteiger partial charge in [-0.15, -0.1) is 0 Å². The van der Waals surface area contributed by atoms with Gasteiger partial charge >= 0.3 is 6.03 Å². The van der Waals surface area contributed by atoms with Crippen LogP contribution in [0.2, 0.25) is 0 Å². The maximum absolute atomic E-state index is 12.2. The number of urea groups is 1. The predicted molar refractivity (Wildman–Crippen MR) is 88.1 cm³/mol. The zero-order chi connectivity index (χ0) is 16.4. The summed E-state index contributed by atoms with van der Waals surface area (Å²) in [5.74, 6) is 0.1000. The van der Waals surface area contributed by atoms with Gasteiger partial charge in [0.15, 0.2) is 0 Å². The molecule has 1 aromatic carbocycles. The molecule has 0 radical (unpaired) electrons. The number of amides is 3. The second kappa shape index (κ2) is 6.38. The second-order valence-electron chi connectivity index (χ2n) is 6.41. The fourth-order valence-corrected chi connectivity index (χ4v) is 3.04. The van der Waals surface area contributed by atoms with E-state index in [2.05, 4.69) is 10.6 Å². The molecule has 0 aromatic heterocycles. The summed E-state index contributed by atoms with van der Waals surface area (Å²) in [6, 6.07) is 3.88. The molecule has 5 heteroatoms. The van der Waals surface area contributed by atoms with E-state index < -0.39 is 0 Å². The number of carbonyl (C=O) groups excluding carboxylic acids is 2. The van der Waals surface area contributed by atoms with Crippen LogP contribution in [0.3, 0.4) is 0 Å². The first-order chi connectivity index (χ1) is 10.3. The third-order valence-corrected chi connectivity index (χ3v) is 4.03. The fourth-order valence-electron chi connectivity index (χ4n) is 3.04. The van der Waals surface area contributed by atoms with Gasteiger partial charge in [-0.1, -0.05) is 17.7 Å². The number of likely N-dealkylation sites (tertiary alicyclic amines) is 1. The van der Waals surface area contributed by atoms with Crippen LogP contribution in [0.4, 0.5) is 10.5 Å². The molecule has 1 atom stereocenters. The smallest absolute Gasteiger partial charge is 0.319 e. The molecule has 5 nitrogen and oxygen atoms in total. The minimum Gasteiger partial charge on any atom is -0.338 e. The molecule has 0 saturated carbocycles. The minimum atomic E-state index is -0.251. The van der Waals surface area contributed by atoms with E-state index in [0.717, 1.165) is 16.8 Å². The molecule has 1 unspecified atom stereocenters. The van der Waals surface area contributed by atoms with Gasteiger partial charge in [-0.25, -0.2) is 4.79 Å². The van der Waals surface area contributed by atoms with E-state index in [1.165, 1.54) is 5.56 Å². The lowest BCUT2D eigenvalue weighted by atomic mass is 10.1. The van der Waals surface area contributed by atoms with Crippen LogP contribution in [0.25, 0.3) is 0 Å². The quantitative estimate of drug-likeness (QED) is 0.902. The third-order valence-electron chi connectivity index (χ3n) is 4.03. The number of hydrogen-bond donors (Lipinski definition) is 2. The molecule has 2 rings (SSSR count). The average molecular weight is 303 g/mol. The molecule has 3 amide bonds. The van der Waals surface area contributed by atoms with Gasteiger partial charge in [0.2, 0.25) is 5.91 Å². The topological polar surface area (TPSA) is 61.4 Å². The minimum absolute atomic E-state index is 0.1000. The fraction of sp³-hybridized carbons (Fsp3) is 0.529. The van der Waals surface area contributed by atoms with Crippen LogP contribution in [-0.2, 0) is 4.79 Å². The van der Waals surface area contributed by atoms with Crippen molar-refractivity contribution in [1.29, 1.82) is 0 Å². The molecule has 2 N–H and O–H groups in total. The molecule has 1 saturated heterocycles. The van der Waals surface area contributed by atoms with Gasteiger partial charge < -0.3 is 15.5 Å². The number of nitrogens with one attached hydrogen (secondary N) is 2. The van der Waals surface area contributed by atoms with Crippen LogP contribution in [0.5, 0.6) is 0 Å². The summed E-state index contributed by atoms with van der Waals surface area (Å²) in [7, 11) is 0. The maximum atomic E-state index is 12.2. The summed E-state index contributed by atoms with van der Waals surface area (Å²) < 4.78 is 0. The molecule has 1 heterocycles. The van der Waals surface area contributed by atoms with Gasteiger partial charge in [0, 0.05) is 24.7 Å². The van der Waals surface area contributed by atoms with Crippen LogP contribution in [-0.4, -0.2) is 35.5 Å². The number of hydrogen-bond acceptors (Lipinski definition) is 2. The van der Waals surface area contributed by atoms with Crippen molar-refractivity contribution >= 4 is 17.6 Å². The Morgan fingerprint density at radius 1 is 1.23 bits per heavy atom. The van der Waals surface area contributed by atoms with Crippen molar-refractivity contribution in [2.24, 2.45) is 0 Å². The van der Waals surface area contributed by atoms with Crippen molar-refractivity contribution in [2.45, 2.75) is 53.1 Å². The second-order valence-corrected chi connectivity index (χ2v) is 6.41. The molecule has 1 fully saturated rings. The Morgan fingerprint density at radius 3 is 2.32 bits per heavy atom. The summed E-state index contributed by atoms with van der Waals surface area (Å²) >= 11 is 0. The molecular formula is C17H25N3O2. The standard InChI is InChI=1S/C17H25N3O2/c1-10(2)20-9-14(8-15(20)21)18-17(22)19-16-12(4)6-11(3)7-13(16)5/h6-7,10,14H,8-9H2,1-5H3,(H2,18,19,22). The highest BCUT2D eigenvalue weighted by Gasteiger charge is 2.32. The van der Waals surface area contributed by atoms with E-state index in [0.29, 0.717) is 13.0 Å². The Labute approximate surface area is 132 Å². The number of aryl methyl sites for hydroxylation is 3. The summed E-state index contributed by atoms with van der Waals surface area (Å²) in [6.45, 7) is 10.5. The Balaban J connectivity index is 1.99. The predicted octanol–water partition coefficient (Wildman–Crippen LogP) is 2.74. The monoisotopic (exact) mass is 303 g/mol. The number of rotatable bonds is 3. The zero-order valence-electron chi connectivity index (χ0n) is 14.0. The van der Waals surface area contributed by atoms with Crippen LogP contribution < -0.4 is 10.6 Å². The van der Waals surface area contributed by atoms with Gasteiger partial charge in [-0.2, -0.15) is 0 Å². The average Bonchev–Trinajstić information content (AvgIpc) is 2.74. The summed E-state index contributed by atoms with van der Waals surface area (Å²) in [6.07, 6.45) is 0.372. The largest absolute Gasteiger partial charge is 0.338 e. The van der Waals surface area contributed by atoms with Gasteiger partial charge in [-0.05, 0) is 45.7 Å². The van der Waals surface area contributed by atoms with Gasteiger partial charge in [-0.3, -0.25) is 4.79 Å². The Bertz CT molecular complexity index is 573. The number of anilines is 1. The van der Waals surface area contributed by atoms with Crippen molar-refractivity contribution in [3.8, 4) is 0 Å². The first kappa shape index (κ1) is 16.3. The van der Waals surface area contributed by atoms with Crippen molar-refractivity contribution < 1.29 is 9.59 Å². The summed E-state index contributed by atoms with van der Waals surface area (Å²) in [4.78, 5) is 25.9. The molecule has 120 valence electrons. The highest BCUT2D eigenvalue weighted by atomic mass is 16.2. The number of benzene rings is 1. The lowest BCUT2D eigenvalue weighted by molar-refractivity contribution is -0.129. The lowest BCUT2D eigenvalue weighted by Gasteiger charge is -2.21. The third kappa shape index (κ3) is 3.59. The van der Waals surface area contributed by atoms with Crippen molar-refractivity contribution in [3.05, 3.63) is 28.8 Å². The van der Waals surface area contributed by atoms with Gasteiger partial charge in [0.25, 0.3) is 0 Å². The van der Waals surface area contributed by atoms with Gasteiger partial charge in [0.1, 0.15) is 0 Å². The summed E-state index contributed by atoms with van der Waals surface area (Å²) in [5, 5.41) is 5.81. The first-order valence-electron chi connectivity index (χ1n) is 7.72. The van der Waals surface area contributed by atoms with E-state index in [9.17, 15) is 9.59 Å². The SMILES string of the molecule is Cc1cc(C)c(NC(=O)NC2CC(=O)N(C(C)C)C2)c(C)c1. The zero-order valence-corrected chi connectivity index (χ0v) is 14.0.